The molecule has 0 atom stereocenters. The molecule has 0 saturated carbocycles. The zero-order valence-corrected chi connectivity index (χ0v) is 12.3. The van der Waals surface area contributed by atoms with Crippen molar-refractivity contribution in [3.05, 3.63) is 50.4 Å². The first kappa shape index (κ1) is 13.5. The molecular weight excluding hydrogens is 317 g/mol. The van der Waals surface area contributed by atoms with E-state index in [1.54, 1.807) is 17.4 Å². The molecule has 0 amide bonds. The lowest BCUT2D eigenvalue weighted by molar-refractivity contribution is 0.308. The lowest BCUT2D eigenvalue weighted by Gasteiger charge is -2.05. The van der Waals surface area contributed by atoms with Gasteiger partial charge in [0.05, 0.1) is 0 Å². The van der Waals surface area contributed by atoms with Crippen LogP contribution in [0.25, 0.3) is 0 Å². The van der Waals surface area contributed by atoms with Crippen molar-refractivity contribution in [3.8, 4) is 5.75 Å². The molecule has 0 unspecified atom stereocenters. The molecule has 5 heteroatoms. The zero-order valence-electron chi connectivity index (χ0n) is 9.87. The Balaban J connectivity index is 1.97. The molecule has 0 fully saturated rings. The highest BCUT2D eigenvalue weighted by atomic mass is 79.9. The van der Waals surface area contributed by atoms with E-state index in [4.69, 9.17) is 4.74 Å². The second-order valence-electron chi connectivity index (χ2n) is 3.79. The third-order valence-electron chi connectivity index (χ3n) is 2.29. The maximum atomic E-state index is 13.1. The predicted octanol–water partition coefficient (Wildman–Crippen LogP) is 3.95. The Morgan fingerprint density at radius 3 is 2.78 bits per heavy atom. The zero-order chi connectivity index (χ0) is 13.0. The van der Waals surface area contributed by atoms with Crippen LogP contribution >= 0.6 is 27.3 Å². The number of rotatable bonds is 5. The van der Waals surface area contributed by atoms with Crippen LogP contribution in [0.15, 0.2) is 34.8 Å². The molecule has 1 aromatic carbocycles. The number of hydrogen-bond acceptors (Lipinski definition) is 3. The summed E-state index contributed by atoms with van der Waals surface area (Å²) in [5.41, 5.74) is 0. The van der Waals surface area contributed by atoms with Crippen LogP contribution in [0.3, 0.4) is 0 Å². The van der Waals surface area contributed by atoms with E-state index in [9.17, 15) is 4.39 Å². The summed E-state index contributed by atoms with van der Waals surface area (Å²) in [5.74, 6) is 0.229. The van der Waals surface area contributed by atoms with Crippen molar-refractivity contribution in [1.29, 1.82) is 0 Å². The van der Waals surface area contributed by atoms with Gasteiger partial charge >= 0.3 is 0 Å². The lowest BCUT2D eigenvalue weighted by atomic mass is 10.3. The number of ether oxygens (including phenoxy) is 1. The van der Waals surface area contributed by atoms with E-state index in [1.807, 2.05) is 13.1 Å². The quantitative estimate of drug-likeness (QED) is 0.896. The van der Waals surface area contributed by atoms with Gasteiger partial charge in [-0.25, -0.2) is 4.39 Å². The van der Waals surface area contributed by atoms with E-state index in [0.29, 0.717) is 16.8 Å². The molecule has 0 aliphatic rings. The Labute approximate surface area is 118 Å². The molecule has 0 saturated heterocycles. The van der Waals surface area contributed by atoms with Crippen molar-refractivity contribution in [2.75, 3.05) is 7.05 Å². The highest BCUT2D eigenvalue weighted by Gasteiger charge is 2.03. The largest absolute Gasteiger partial charge is 0.488 e. The average Bonchev–Trinajstić information content (AvgIpc) is 2.74. The summed E-state index contributed by atoms with van der Waals surface area (Å²) in [6, 6.07) is 8.65. The van der Waals surface area contributed by atoms with Crippen LogP contribution in [-0.4, -0.2) is 7.05 Å². The van der Waals surface area contributed by atoms with Crippen LogP contribution in [0.5, 0.6) is 5.75 Å². The molecule has 0 aliphatic carbocycles. The summed E-state index contributed by atoms with van der Waals surface area (Å²) in [5, 5.41) is 3.10. The number of benzene rings is 1. The maximum Gasteiger partial charge on any atom is 0.128 e. The van der Waals surface area contributed by atoms with Crippen LogP contribution in [0.2, 0.25) is 0 Å². The van der Waals surface area contributed by atoms with Crippen molar-refractivity contribution in [1.82, 2.24) is 5.32 Å². The predicted molar refractivity (Wildman–Crippen MR) is 75.5 cm³/mol. The fourth-order valence-corrected chi connectivity index (χ4v) is 2.92. The van der Waals surface area contributed by atoms with E-state index < -0.39 is 0 Å². The minimum atomic E-state index is -0.304. The van der Waals surface area contributed by atoms with Crippen LogP contribution in [-0.2, 0) is 13.2 Å². The molecule has 2 rings (SSSR count). The SMILES string of the molecule is CNCc1ccc(COc2cc(F)cc(Br)c2)s1. The number of thiophene rings is 1. The summed E-state index contributed by atoms with van der Waals surface area (Å²) in [6.07, 6.45) is 0. The lowest BCUT2D eigenvalue weighted by Crippen LogP contribution is -2.02. The third kappa shape index (κ3) is 3.80. The second-order valence-corrected chi connectivity index (χ2v) is 5.96. The van der Waals surface area contributed by atoms with Gasteiger partial charge < -0.3 is 10.1 Å². The first-order chi connectivity index (χ1) is 8.67. The molecule has 0 radical (unpaired) electrons. The first-order valence-corrected chi connectivity index (χ1v) is 7.09. The van der Waals surface area contributed by atoms with Crippen LogP contribution in [0.1, 0.15) is 9.75 Å². The normalized spacial score (nSPS) is 10.6. The summed E-state index contributed by atoms with van der Waals surface area (Å²) in [4.78, 5) is 2.39. The standard InChI is InChI=1S/C13H13BrFNOS/c1-16-7-12-2-3-13(18-12)8-17-11-5-9(14)4-10(15)6-11/h2-6,16H,7-8H2,1H3. The van der Waals surface area contributed by atoms with Gasteiger partial charge in [-0.1, -0.05) is 15.9 Å². The molecule has 96 valence electrons. The maximum absolute atomic E-state index is 13.1. The van der Waals surface area contributed by atoms with Crippen LogP contribution in [0.4, 0.5) is 4.39 Å². The van der Waals surface area contributed by atoms with Crippen molar-refractivity contribution >= 4 is 27.3 Å². The van der Waals surface area contributed by atoms with Crippen molar-refractivity contribution in [3.63, 3.8) is 0 Å². The number of hydrogen-bond donors (Lipinski definition) is 1. The van der Waals surface area contributed by atoms with Crippen molar-refractivity contribution < 1.29 is 9.13 Å². The summed E-state index contributed by atoms with van der Waals surface area (Å²) in [7, 11) is 1.92. The minimum Gasteiger partial charge on any atom is -0.488 e. The van der Waals surface area contributed by atoms with Gasteiger partial charge in [0.15, 0.2) is 0 Å². The Kier molecular flexibility index (Phi) is 4.74. The fraction of sp³-hybridized carbons (Fsp3) is 0.231. The van der Waals surface area contributed by atoms with E-state index in [0.717, 1.165) is 11.4 Å². The molecule has 0 spiro atoms. The molecule has 1 heterocycles. The molecule has 0 aliphatic heterocycles. The van der Waals surface area contributed by atoms with Gasteiger partial charge in [-0.2, -0.15) is 0 Å². The molecular formula is C13H13BrFNOS. The minimum absolute atomic E-state index is 0.304. The summed E-state index contributed by atoms with van der Waals surface area (Å²) < 4.78 is 19.4. The molecule has 18 heavy (non-hydrogen) atoms. The van der Waals surface area contributed by atoms with Gasteiger partial charge in [-0.3, -0.25) is 0 Å². The molecule has 1 aromatic heterocycles. The summed E-state index contributed by atoms with van der Waals surface area (Å²) in [6.45, 7) is 1.32. The Morgan fingerprint density at radius 1 is 1.28 bits per heavy atom. The average molecular weight is 330 g/mol. The van der Waals surface area contributed by atoms with Gasteiger partial charge in [0.1, 0.15) is 18.2 Å². The fourth-order valence-electron chi connectivity index (χ4n) is 1.54. The number of nitrogens with one attached hydrogen (secondary N) is 1. The monoisotopic (exact) mass is 329 g/mol. The van der Waals surface area contributed by atoms with Crippen LogP contribution < -0.4 is 10.1 Å². The van der Waals surface area contributed by atoms with E-state index >= 15 is 0 Å². The van der Waals surface area contributed by atoms with Gasteiger partial charge in [0.25, 0.3) is 0 Å². The molecule has 1 N–H and O–H groups in total. The molecule has 2 aromatic rings. The van der Waals surface area contributed by atoms with Crippen molar-refractivity contribution in [2.24, 2.45) is 0 Å². The molecule has 0 bridgehead atoms. The Hall–Kier alpha value is -0.910. The number of halogens is 2. The van der Waals surface area contributed by atoms with Gasteiger partial charge in [-0.15, -0.1) is 11.3 Å². The Bertz CT molecular complexity index is 509. The third-order valence-corrected chi connectivity index (χ3v) is 3.80. The van der Waals surface area contributed by atoms with Gasteiger partial charge in [0.2, 0.25) is 0 Å². The highest BCUT2D eigenvalue weighted by molar-refractivity contribution is 9.10. The molecule has 2 nitrogen and oxygen atoms in total. The van der Waals surface area contributed by atoms with Gasteiger partial charge in [0, 0.05) is 26.8 Å². The van der Waals surface area contributed by atoms with E-state index in [1.165, 1.54) is 17.0 Å². The smallest absolute Gasteiger partial charge is 0.128 e. The van der Waals surface area contributed by atoms with E-state index in [2.05, 4.69) is 27.3 Å². The van der Waals surface area contributed by atoms with Gasteiger partial charge in [-0.05, 0) is 31.3 Å². The second kappa shape index (κ2) is 6.31. The Morgan fingerprint density at radius 2 is 2.06 bits per heavy atom. The van der Waals surface area contributed by atoms with Crippen molar-refractivity contribution in [2.45, 2.75) is 13.2 Å². The highest BCUT2D eigenvalue weighted by Crippen LogP contribution is 2.23. The first-order valence-electron chi connectivity index (χ1n) is 5.48. The van der Waals surface area contributed by atoms with Crippen LogP contribution in [0, 0.1) is 5.82 Å². The summed E-state index contributed by atoms with van der Waals surface area (Å²) >= 11 is 4.93. The van der Waals surface area contributed by atoms with E-state index in [-0.39, 0.29) is 5.82 Å². The topological polar surface area (TPSA) is 21.3 Å².